The zero-order valence-electron chi connectivity index (χ0n) is 10.8. The third-order valence-corrected chi connectivity index (χ3v) is 4.27. The molecular formula is C17H13BrO2. The number of halogens is 1. The van der Waals surface area contributed by atoms with Crippen molar-refractivity contribution in [3.8, 4) is 0 Å². The van der Waals surface area contributed by atoms with E-state index in [0.717, 1.165) is 16.7 Å². The average Bonchev–Trinajstić information content (AvgIpc) is 2.82. The Hall–Kier alpha value is -1.87. The third kappa shape index (κ3) is 2.41. The maximum atomic E-state index is 11.6. The van der Waals surface area contributed by atoms with Crippen LogP contribution in [-0.4, -0.2) is 12.6 Å². The number of benzene rings is 2. The standard InChI is InChI=1S/C17H13BrO2/c18-16-14(11-20-17(16)19)15(12-7-3-1-4-8-12)13-9-5-2-6-10-13/h1-10,15H,11H2. The minimum absolute atomic E-state index is 0.0400. The molecule has 20 heavy (non-hydrogen) atoms. The van der Waals surface area contributed by atoms with Crippen molar-refractivity contribution in [3.05, 3.63) is 81.8 Å². The molecule has 100 valence electrons. The van der Waals surface area contributed by atoms with E-state index in [4.69, 9.17) is 4.74 Å². The van der Waals surface area contributed by atoms with Gasteiger partial charge in [0.05, 0.1) is 0 Å². The first kappa shape index (κ1) is 13.1. The van der Waals surface area contributed by atoms with Gasteiger partial charge in [-0.15, -0.1) is 0 Å². The molecule has 1 heterocycles. The lowest BCUT2D eigenvalue weighted by Gasteiger charge is -2.19. The SMILES string of the molecule is O=C1OCC(C(c2ccccc2)c2ccccc2)=C1Br. The minimum Gasteiger partial charge on any atom is -0.457 e. The average molecular weight is 329 g/mol. The predicted molar refractivity (Wildman–Crippen MR) is 81.6 cm³/mol. The van der Waals surface area contributed by atoms with E-state index < -0.39 is 0 Å². The smallest absolute Gasteiger partial charge is 0.345 e. The van der Waals surface area contributed by atoms with Crippen molar-refractivity contribution in [2.24, 2.45) is 0 Å². The molecule has 1 aliphatic rings. The summed E-state index contributed by atoms with van der Waals surface area (Å²) < 4.78 is 5.69. The first-order chi connectivity index (χ1) is 9.77. The van der Waals surface area contributed by atoms with Crippen LogP contribution < -0.4 is 0 Å². The molecule has 0 radical (unpaired) electrons. The number of rotatable bonds is 3. The number of carbonyl (C=O) groups is 1. The monoisotopic (exact) mass is 328 g/mol. The lowest BCUT2D eigenvalue weighted by Crippen LogP contribution is -2.06. The van der Waals surface area contributed by atoms with Crippen LogP contribution in [0.2, 0.25) is 0 Å². The molecule has 0 fully saturated rings. The third-order valence-electron chi connectivity index (χ3n) is 3.43. The zero-order chi connectivity index (χ0) is 13.9. The molecule has 2 nitrogen and oxygen atoms in total. The van der Waals surface area contributed by atoms with Crippen molar-refractivity contribution in [1.82, 2.24) is 0 Å². The summed E-state index contributed by atoms with van der Waals surface area (Å²) in [5, 5.41) is 0. The van der Waals surface area contributed by atoms with Crippen LogP contribution in [0.1, 0.15) is 17.0 Å². The van der Waals surface area contributed by atoms with Crippen molar-refractivity contribution in [1.29, 1.82) is 0 Å². The highest BCUT2D eigenvalue weighted by Crippen LogP contribution is 2.38. The molecule has 0 aromatic heterocycles. The molecular weight excluding hydrogens is 316 g/mol. The maximum absolute atomic E-state index is 11.6. The second kappa shape index (κ2) is 5.63. The van der Waals surface area contributed by atoms with Crippen molar-refractivity contribution >= 4 is 21.9 Å². The van der Waals surface area contributed by atoms with E-state index in [2.05, 4.69) is 40.2 Å². The highest BCUT2D eigenvalue weighted by molar-refractivity contribution is 9.12. The summed E-state index contributed by atoms with van der Waals surface area (Å²) in [6.45, 7) is 0.341. The summed E-state index contributed by atoms with van der Waals surface area (Å²) in [6, 6.07) is 20.3. The molecule has 0 spiro atoms. The van der Waals surface area contributed by atoms with E-state index in [9.17, 15) is 4.79 Å². The van der Waals surface area contributed by atoms with Crippen LogP contribution in [0.4, 0.5) is 0 Å². The van der Waals surface area contributed by atoms with Gasteiger partial charge in [0.2, 0.25) is 0 Å². The van der Waals surface area contributed by atoms with E-state index in [1.807, 2.05) is 36.4 Å². The van der Waals surface area contributed by atoms with Crippen LogP contribution in [0.15, 0.2) is 70.7 Å². The molecule has 0 N–H and O–H groups in total. The molecule has 0 saturated heterocycles. The Morgan fingerprint density at radius 2 is 1.40 bits per heavy atom. The van der Waals surface area contributed by atoms with Crippen LogP contribution >= 0.6 is 15.9 Å². The van der Waals surface area contributed by atoms with E-state index in [-0.39, 0.29) is 11.9 Å². The number of ether oxygens (including phenoxy) is 1. The predicted octanol–water partition coefficient (Wildman–Crippen LogP) is 4.02. The number of hydrogen-bond donors (Lipinski definition) is 0. The van der Waals surface area contributed by atoms with Gasteiger partial charge in [0.15, 0.2) is 0 Å². The van der Waals surface area contributed by atoms with E-state index in [1.54, 1.807) is 0 Å². The van der Waals surface area contributed by atoms with Gasteiger partial charge in [-0.1, -0.05) is 60.7 Å². The van der Waals surface area contributed by atoms with Crippen LogP contribution in [0.3, 0.4) is 0 Å². The van der Waals surface area contributed by atoms with Gasteiger partial charge in [0, 0.05) is 11.5 Å². The molecule has 0 atom stereocenters. The molecule has 0 amide bonds. The lowest BCUT2D eigenvalue weighted by molar-refractivity contribution is -0.135. The highest BCUT2D eigenvalue weighted by Gasteiger charge is 2.30. The summed E-state index contributed by atoms with van der Waals surface area (Å²) in [5.74, 6) is -0.241. The van der Waals surface area contributed by atoms with E-state index in [1.165, 1.54) is 0 Å². The fourth-order valence-corrected chi connectivity index (χ4v) is 2.95. The summed E-state index contributed by atoms with van der Waals surface area (Å²) in [4.78, 5) is 11.6. The fraction of sp³-hybridized carbons (Fsp3) is 0.118. The second-order valence-electron chi connectivity index (χ2n) is 4.67. The van der Waals surface area contributed by atoms with Crippen molar-refractivity contribution in [2.75, 3.05) is 6.61 Å². The summed E-state index contributed by atoms with van der Waals surface area (Å²) in [6.07, 6.45) is 0. The largest absolute Gasteiger partial charge is 0.457 e. The number of cyclic esters (lactones) is 1. The maximum Gasteiger partial charge on any atom is 0.345 e. The Bertz CT molecular complexity index is 608. The molecule has 2 aromatic rings. The van der Waals surface area contributed by atoms with Crippen molar-refractivity contribution in [2.45, 2.75) is 5.92 Å². The number of carbonyl (C=O) groups excluding carboxylic acids is 1. The van der Waals surface area contributed by atoms with E-state index >= 15 is 0 Å². The zero-order valence-corrected chi connectivity index (χ0v) is 12.3. The summed E-state index contributed by atoms with van der Waals surface area (Å²) >= 11 is 3.37. The molecule has 0 unspecified atom stereocenters. The number of esters is 1. The Labute approximate surface area is 126 Å². The molecule has 2 aromatic carbocycles. The molecule has 0 bridgehead atoms. The van der Waals surface area contributed by atoms with Crippen LogP contribution in [0.5, 0.6) is 0 Å². The normalized spacial score (nSPS) is 14.8. The van der Waals surface area contributed by atoms with Crippen molar-refractivity contribution < 1.29 is 9.53 Å². The van der Waals surface area contributed by atoms with E-state index in [0.29, 0.717) is 11.1 Å². The summed E-state index contributed by atoms with van der Waals surface area (Å²) in [7, 11) is 0. The highest BCUT2D eigenvalue weighted by atomic mass is 79.9. The first-order valence-corrected chi connectivity index (χ1v) is 7.22. The fourth-order valence-electron chi connectivity index (χ4n) is 2.50. The molecule has 3 rings (SSSR count). The van der Waals surface area contributed by atoms with Gasteiger partial charge < -0.3 is 4.74 Å². The van der Waals surface area contributed by atoms with Gasteiger partial charge in [-0.2, -0.15) is 0 Å². The summed E-state index contributed by atoms with van der Waals surface area (Å²) in [5.41, 5.74) is 3.29. The Balaban J connectivity index is 2.13. The topological polar surface area (TPSA) is 26.3 Å². The molecule has 3 heteroatoms. The van der Waals surface area contributed by atoms with Gasteiger partial charge in [0.25, 0.3) is 0 Å². The number of hydrogen-bond acceptors (Lipinski definition) is 2. The quantitative estimate of drug-likeness (QED) is 0.795. The lowest BCUT2D eigenvalue weighted by atomic mass is 9.85. The second-order valence-corrected chi connectivity index (χ2v) is 5.46. The minimum atomic E-state index is -0.281. The van der Waals surface area contributed by atoms with Gasteiger partial charge in [0.1, 0.15) is 11.1 Å². The Morgan fingerprint density at radius 1 is 0.900 bits per heavy atom. The van der Waals surface area contributed by atoms with Crippen LogP contribution in [0, 0.1) is 0 Å². The first-order valence-electron chi connectivity index (χ1n) is 6.43. The van der Waals surface area contributed by atoms with Gasteiger partial charge in [-0.3, -0.25) is 0 Å². The van der Waals surface area contributed by atoms with Crippen LogP contribution in [-0.2, 0) is 9.53 Å². The van der Waals surface area contributed by atoms with Gasteiger partial charge >= 0.3 is 5.97 Å². The molecule has 1 aliphatic heterocycles. The molecule has 0 saturated carbocycles. The Kier molecular flexibility index (Phi) is 3.70. The van der Waals surface area contributed by atoms with Gasteiger partial charge in [-0.25, -0.2) is 4.79 Å². The van der Waals surface area contributed by atoms with Crippen molar-refractivity contribution in [3.63, 3.8) is 0 Å². The van der Waals surface area contributed by atoms with Crippen LogP contribution in [0.25, 0.3) is 0 Å². The Morgan fingerprint density at radius 3 is 1.80 bits per heavy atom. The van der Waals surface area contributed by atoms with Gasteiger partial charge in [-0.05, 0) is 27.1 Å². The molecule has 0 aliphatic carbocycles.